The highest BCUT2D eigenvalue weighted by Crippen LogP contribution is 2.18. The molecule has 150 valence electrons. The third kappa shape index (κ3) is 5.04. The van der Waals surface area contributed by atoms with Crippen LogP contribution in [0.3, 0.4) is 0 Å². The van der Waals surface area contributed by atoms with E-state index in [1.807, 2.05) is 13.0 Å². The number of benzene rings is 2. The Bertz CT molecular complexity index is 1000. The van der Waals surface area contributed by atoms with Crippen LogP contribution in [0.15, 0.2) is 60.9 Å². The molecule has 0 unspecified atom stereocenters. The summed E-state index contributed by atoms with van der Waals surface area (Å²) >= 11 is 0. The lowest BCUT2D eigenvalue weighted by atomic mass is 10.1. The second kappa shape index (κ2) is 9.09. The van der Waals surface area contributed by atoms with Gasteiger partial charge in [-0.1, -0.05) is 24.3 Å². The van der Waals surface area contributed by atoms with Crippen LogP contribution in [-0.2, 0) is 6.42 Å². The summed E-state index contributed by atoms with van der Waals surface area (Å²) in [7, 11) is 0. The van der Waals surface area contributed by atoms with Crippen LogP contribution in [0.2, 0.25) is 0 Å². The van der Waals surface area contributed by atoms with Gasteiger partial charge in [-0.05, 0) is 36.8 Å². The van der Waals surface area contributed by atoms with E-state index < -0.39 is 6.55 Å². The summed E-state index contributed by atoms with van der Waals surface area (Å²) < 4.78 is 26.4. The molecule has 29 heavy (non-hydrogen) atoms. The molecule has 3 rings (SSSR count). The second-order valence-electron chi connectivity index (χ2n) is 6.38. The van der Waals surface area contributed by atoms with Gasteiger partial charge in [-0.25, -0.2) is 4.98 Å². The first-order chi connectivity index (χ1) is 14.0. The number of nitrogens with zero attached hydrogens (tertiary/aromatic N) is 2. The number of anilines is 1. The van der Waals surface area contributed by atoms with Gasteiger partial charge in [-0.15, -0.1) is 0 Å². The van der Waals surface area contributed by atoms with E-state index in [4.69, 9.17) is 0 Å². The summed E-state index contributed by atoms with van der Waals surface area (Å²) in [6, 6.07) is 13.7. The van der Waals surface area contributed by atoms with Crippen LogP contribution < -0.4 is 10.6 Å². The van der Waals surface area contributed by atoms with Crippen LogP contribution in [0.4, 0.5) is 14.5 Å². The van der Waals surface area contributed by atoms with E-state index in [1.165, 1.54) is 12.4 Å². The molecule has 0 atom stereocenters. The molecule has 1 aromatic heterocycles. The predicted molar refractivity (Wildman–Crippen MR) is 105 cm³/mol. The summed E-state index contributed by atoms with van der Waals surface area (Å²) in [6.45, 7) is -0.690. The average molecular weight is 398 g/mol. The Labute approximate surface area is 166 Å². The number of alkyl halides is 2. The SMILES string of the molecule is Cc1ccc(C(=O)NCCc2nccn2C(F)F)cc1NC(=O)c1ccccc1. The number of nitrogens with one attached hydrogen (secondary N) is 2. The Hall–Kier alpha value is -3.55. The van der Waals surface area contributed by atoms with Crippen molar-refractivity contribution in [1.29, 1.82) is 0 Å². The summed E-state index contributed by atoms with van der Waals surface area (Å²) in [5.74, 6) is -0.444. The Balaban J connectivity index is 1.63. The van der Waals surface area contributed by atoms with Crippen molar-refractivity contribution in [2.75, 3.05) is 11.9 Å². The van der Waals surface area contributed by atoms with E-state index in [0.29, 0.717) is 16.8 Å². The van der Waals surface area contributed by atoms with E-state index in [-0.39, 0.29) is 30.6 Å². The van der Waals surface area contributed by atoms with Crippen molar-refractivity contribution in [2.45, 2.75) is 19.9 Å². The van der Waals surface area contributed by atoms with Crippen molar-refractivity contribution in [2.24, 2.45) is 0 Å². The van der Waals surface area contributed by atoms with Crippen LogP contribution in [-0.4, -0.2) is 27.9 Å². The minimum atomic E-state index is -2.67. The monoisotopic (exact) mass is 398 g/mol. The molecule has 0 radical (unpaired) electrons. The van der Waals surface area contributed by atoms with Gasteiger partial charge < -0.3 is 10.6 Å². The topological polar surface area (TPSA) is 76.0 Å². The summed E-state index contributed by atoms with van der Waals surface area (Å²) in [4.78, 5) is 28.6. The molecule has 6 nitrogen and oxygen atoms in total. The molecule has 0 aliphatic rings. The zero-order valence-electron chi connectivity index (χ0n) is 15.7. The Morgan fingerprint density at radius 3 is 2.55 bits per heavy atom. The summed E-state index contributed by atoms with van der Waals surface area (Å²) in [5, 5.41) is 5.49. The fourth-order valence-corrected chi connectivity index (χ4v) is 2.79. The largest absolute Gasteiger partial charge is 0.352 e. The second-order valence-corrected chi connectivity index (χ2v) is 6.38. The predicted octanol–water partition coefficient (Wildman–Crippen LogP) is 3.81. The molecule has 0 saturated carbocycles. The fraction of sp³-hybridized carbons (Fsp3) is 0.190. The van der Waals surface area contributed by atoms with Crippen molar-refractivity contribution >= 4 is 17.5 Å². The molecule has 0 spiro atoms. The van der Waals surface area contributed by atoms with Crippen molar-refractivity contribution in [1.82, 2.24) is 14.9 Å². The number of carbonyl (C=O) groups excluding carboxylic acids is 2. The van der Waals surface area contributed by atoms with Crippen LogP contribution >= 0.6 is 0 Å². The number of rotatable bonds is 7. The molecule has 1 heterocycles. The first-order valence-corrected chi connectivity index (χ1v) is 9.01. The highest BCUT2D eigenvalue weighted by molar-refractivity contribution is 6.05. The number of amides is 2. The molecule has 2 aromatic carbocycles. The number of imidazole rings is 1. The quantitative estimate of drug-likeness (QED) is 0.635. The van der Waals surface area contributed by atoms with E-state index in [0.717, 1.165) is 10.1 Å². The van der Waals surface area contributed by atoms with E-state index in [2.05, 4.69) is 15.6 Å². The maximum absolute atomic E-state index is 12.8. The van der Waals surface area contributed by atoms with Gasteiger partial charge in [0.25, 0.3) is 11.8 Å². The van der Waals surface area contributed by atoms with Crippen molar-refractivity contribution in [3.63, 3.8) is 0 Å². The molecule has 2 amide bonds. The third-order valence-corrected chi connectivity index (χ3v) is 4.38. The highest BCUT2D eigenvalue weighted by Gasteiger charge is 2.13. The third-order valence-electron chi connectivity index (χ3n) is 4.38. The molecule has 0 aliphatic heterocycles. The van der Waals surface area contributed by atoms with Crippen molar-refractivity contribution < 1.29 is 18.4 Å². The fourth-order valence-electron chi connectivity index (χ4n) is 2.79. The van der Waals surface area contributed by atoms with Gasteiger partial charge in [0.05, 0.1) is 0 Å². The van der Waals surface area contributed by atoms with Gasteiger partial charge in [-0.3, -0.25) is 14.2 Å². The van der Waals surface area contributed by atoms with Gasteiger partial charge in [-0.2, -0.15) is 8.78 Å². The highest BCUT2D eigenvalue weighted by atomic mass is 19.3. The van der Waals surface area contributed by atoms with Crippen molar-refractivity contribution in [3.05, 3.63) is 83.4 Å². The van der Waals surface area contributed by atoms with Gasteiger partial charge in [0.2, 0.25) is 0 Å². The molecule has 0 fully saturated rings. The van der Waals surface area contributed by atoms with Gasteiger partial charge in [0.15, 0.2) is 0 Å². The number of aromatic nitrogens is 2. The van der Waals surface area contributed by atoms with Gasteiger partial charge in [0, 0.05) is 42.2 Å². The standard InChI is InChI=1S/C21H20F2N4O2/c1-14-7-8-16(13-17(14)26-20(29)15-5-3-2-4-6-15)19(28)25-10-9-18-24-11-12-27(18)21(22)23/h2-8,11-13,21H,9-10H2,1H3,(H,25,28)(H,26,29). The van der Waals surface area contributed by atoms with Crippen LogP contribution in [0.1, 0.15) is 38.7 Å². The lowest BCUT2D eigenvalue weighted by Crippen LogP contribution is -2.26. The molecule has 2 N–H and O–H groups in total. The maximum Gasteiger partial charge on any atom is 0.319 e. The number of aryl methyl sites for hydroxylation is 1. The van der Waals surface area contributed by atoms with Gasteiger partial charge >= 0.3 is 6.55 Å². The number of halogens is 2. The van der Waals surface area contributed by atoms with Crippen LogP contribution in [0.25, 0.3) is 0 Å². The lowest BCUT2D eigenvalue weighted by molar-refractivity contribution is 0.0670. The lowest BCUT2D eigenvalue weighted by Gasteiger charge is -2.11. The number of hydrogen-bond donors (Lipinski definition) is 2. The van der Waals surface area contributed by atoms with Crippen molar-refractivity contribution in [3.8, 4) is 0 Å². The molecule has 0 aliphatic carbocycles. The Kier molecular flexibility index (Phi) is 6.33. The van der Waals surface area contributed by atoms with Gasteiger partial charge in [0.1, 0.15) is 5.82 Å². The van der Waals surface area contributed by atoms with E-state index in [9.17, 15) is 18.4 Å². The molecule has 3 aromatic rings. The minimum absolute atomic E-state index is 0.155. The Morgan fingerprint density at radius 1 is 1.07 bits per heavy atom. The van der Waals surface area contributed by atoms with E-state index in [1.54, 1.807) is 42.5 Å². The number of carbonyl (C=O) groups is 2. The Morgan fingerprint density at radius 2 is 1.83 bits per heavy atom. The zero-order chi connectivity index (χ0) is 20.8. The summed E-state index contributed by atoms with van der Waals surface area (Å²) in [5.41, 5.74) is 2.21. The first-order valence-electron chi connectivity index (χ1n) is 9.01. The zero-order valence-corrected chi connectivity index (χ0v) is 15.7. The average Bonchev–Trinajstić information content (AvgIpc) is 3.19. The van der Waals surface area contributed by atoms with Crippen LogP contribution in [0, 0.1) is 6.92 Å². The molecular weight excluding hydrogens is 378 g/mol. The van der Waals surface area contributed by atoms with Crippen LogP contribution in [0.5, 0.6) is 0 Å². The van der Waals surface area contributed by atoms with E-state index >= 15 is 0 Å². The summed E-state index contributed by atoms with van der Waals surface area (Å²) in [6.07, 6.45) is 2.67. The first kappa shape index (κ1) is 20.2. The smallest absolute Gasteiger partial charge is 0.319 e. The molecule has 0 saturated heterocycles. The normalized spacial score (nSPS) is 10.8. The number of hydrogen-bond acceptors (Lipinski definition) is 3. The maximum atomic E-state index is 12.8. The minimum Gasteiger partial charge on any atom is -0.352 e. The molecule has 8 heteroatoms. The molecular formula is C21H20F2N4O2. The molecule has 0 bridgehead atoms.